The molecule has 0 aliphatic heterocycles. The molecule has 3 heteroatoms. The van der Waals surface area contributed by atoms with Gasteiger partial charge < -0.3 is 5.32 Å². The molecule has 0 spiro atoms. The Morgan fingerprint density at radius 2 is 1.90 bits per heavy atom. The minimum Gasteiger partial charge on any atom is -0.314 e. The Kier molecular flexibility index (Phi) is 6.69. The molecule has 1 saturated carbocycles. The molecule has 1 aromatic rings. The second-order valence-electron chi connectivity index (χ2n) is 6.66. The van der Waals surface area contributed by atoms with E-state index in [0.29, 0.717) is 17.9 Å². The maximum absolute atomic E-state index is 14.1. The maximum atomic E-state index is 14.1. The molecule has 118 valence electrons. The Morgan fingerprint density at radius 3 is 2.57 bits per heavy atom. The summed E-state index contributed by atoms with van der Waals surface area (Å²) in [6.07, 6.45) is 7.34. The van der Waals surface area contributed by atoms with Gasteiger partial charge in [0.2, 0.25) is 0 Å². The summed E-state index contributed by atoms with van der Waals surface area (Å²) in [7, 11) is 0. The fraction of sp³-hybridized carbons (Fsp3) is 0.667. The van der Waals surface area contributed by atoms with Gasteiger partial charge in [0.25, 0.3) is 0 Å². The van der Waals surface area contributed by atoms with Crippen molar-refractivity contribution in [2.24, 2.45) is 11.8 Å². The molecule has 1 aromatic carbocycles. The highest BCUT2D eigenvalue weighted by Gasteiger charge is 2.24. The molecule has 1 aliphatic carbocycles. The fourth-order valence-electron chi connectivity index (χ4n) is 3.36. The van der Waals surface area contributed by atoms with Crippen LogP contribution in [0.2, 0.25) is 0 Å². The van der Waals surface area contributed by atoms with Crippen molar-refractivity contribution in [2.75, 3.05) is 6.54 Å². The van der Waals surface area contributed by atoms with Crippen LogP contribution in [0.5, 0.6) is 0 Å². The molecule has 2 unspecified atom stereocenters. The first-order valence-electron chi connectivity index (χ1n) is 8.23. The lowest BCUT2D eigenvalue weighted by molar-refractivity contribution is 0.289. The smallest absolute Gasteiger partial charge is 0.127 e. The third kappa shape index (κ3) is 5.37. The molecular weight excluding hydrogens is 329 g/mol. The second-order valence-corrected chi connectivity index (χ2v) is 7.58. The van der Waals surface area contributed by atoms with Crippen LogP contribution in [0.4, 0.5) is 4.39 Å². The van der Waals surface area contributed by atoms with Crippen molar-refractivity contribution in [3.8, 4) is 0 Å². The second kappa shape index (κ2) is 8.28. The van der Waals surface area contributed by atoms with Crippen molar-refractivity contribution in [1.29, 1.82) is 0 Å². The van der Waals surface area contributed by atoms with E-state index >= 15 is 0 Å². The van der Waals surface area contributed by atoms with Gasteiger partial charge in [-0.2, -0.15) is 0 Å². The lowest BCUT2D eigenvalue weighted by atomic mass is 9.83. The van der Waals surface area contributed by atoms with Crippen molar-refractivity contribution in [2.45, 2.75) is 58.4 Å². The third-order valence-electron chi connectivity index (χ3n) is 4.60. The van der Waals surface area contributed by atoms with Crippen LogP contribution in [0.25, 0.3) is 0 Å². The number of hydrogen-bond acceptors (Lipinski definition) is 1. The molecule has 1 nitrogen and oxygen atoms in total. The zero-order chi connectivity index (χ0) is 15.2. The molecule has 2 atom stereocenters. The van der Waals surface area contributed by atoms with Crippen LogP contribution in [-0.2, 0) is 6.42 Å². The van der Waals surface area contributed by atoms with E-state index in [1.807, 2.05) is 12.1 Å². The zero-order valence-corrected chi connectivity index (χ0v) is 14.8. The summed E-state index contributed by atoms with van der Waals surface area (Å²) in [6, 6.07) is 6.01. The monoisotopic (exact) mass is 355 g/mol. The standard InChI is InChI=1S/C18H27BrFN/c1-13(2)21-12-16-7-5-3-4-6-14(16)10-15-8-9-17(19)11-18(15)20/h8-9,11,13-14,16,21H,3-7,10,12H2,1-2H3. The highest BCUT2D eigenvalue weighted by Crippen LogP contribution is 2.32. The average molecular weight is 356 g/mol. The van der Waals surface area contributed by atoms with Gasteiger partial charge in [0.1, 0.15) is 5.82 Å². The average Bonchev–Trinajstić information content (AvgIpc) is 2.65. The van der Waals surface area contributed by atoms with Crippen molar-refractivity contribution in [1.82, 2.24) is 5.32 Å². The Hall–Kier alpha value is -0.410. The molecule has 1 fully saturated rings. The summed E-state index contributed by atoms with van der Waals surface area (Å²) < 4.78 is 14.9. The van der Waals surface area contributed by atoms with Gasteiger partial charge in [-0.15, -0.1) is 0 Å². The fourth-order valence-corrected chi connectivity index (χ4v) is 3.69. The predicted octanol–water partition coefficient (Wildman–Crippen LogP) is 5.33. The largest absolute Gasteiger partial charge is 0.314 e. The van der Waals surface area contributed by atoms with Crippen LogP contribution in [0.3, 0.4) is 0 Å². The molecule has 0 heterocycles. The van der Waals surface area contributed by atoms with E-state index in [1.165, 1.54) is 32.1 Å². The van der Waals surface area contributed by atoms with E-state index < -0.39 is 0 Å². The molecule has 0 aromatic heterocycles. The summed E-state index contributed by atoms with van der Waals surface area (Å²) in [5.41, 5.74) is 0.875. The number of nitrogens with one attached hydrogen (secondary N) is 1. The lowest BCUT2D eigenvalue weighted by Crippen LogP contribution is -2.33. The minimum absolute atomic E-state index is 0.0656. The van der Waals surface area contributed by atoms with Crippen LogP contribution in [0, 0.1) is 17.7 Å². The Labute approximate surface area is 136 Å². The summed E-state index contributed by atoms with van der Waals surface area (Å²) in [6.45, 7) is 5.46. The van der Waals surface area contributed by atoms with E-state index in [2.05, 4.69) is 35.1 Å². The topological polar surface area (TPSA) is 12.0 Å². The van der Waals surface area contributed by atoms with Crippen LogP contribution in [0.1, 0.15) is 51.5 Å². The van der Waals surface area contributed by atoms with Crippen LogP contribution >= 0.6 is 15.9 Å². The molecule has 0 radical (unpaired) electrons. The predicted molar refractivity (Wildman–Crippen MR) is 91.0 cm³/mol. The maximum Gasteiger partial charge on any atom is 0.127 e. The SMILES string of the molecule is CC(C)NCC1CCCCCC1Cc1ccc(Br)cc1F. The van der Waals surface area contributed by atoms with Crippen molar-refractivity contribution < 1.29 is 4.39 Å². The van der Waals surface area contributed by atoms with Crippen molar-refractivity contribution in [3.05, 3.63) is 34.1 Å². The van der Waals surface area contributed by atoms with Gasteiger partial charge in [-0.3, -0.25) is 0 Å². The van der Waals surface area contributed by atoms with Gasteiger partial charge in [0.05, 0.1) is 0 Å². The number of hydrogen-bond donors (Lipinski definition) is 1. The molecule has 2 rings (SSSR count). The first kappa shape index (κ1) is 17.0. The highest BCUT2D eigenvalue weighted by atomic mass is 79.9. The van der Waals surface area contributed by atoms with E-state index in [1.54, 1.807) is 6.07 Å². The normalized spacial score (nSPS) is 23.3. The van der Waals surface area contributed by atoms with Crippen molar-refractivity contribution >= 4 is 15.9 Å². The van der Waals surface area contributed by atoms with Crippen LogP contribution in [-0.4, -0.2) is 12.6 Å². The quantitative estimate of drug-likeness (QED) is 0.704. The van der Waals surface area contributed by atoms with E-state index in [4.69, 9.17) is 0 Å². The minimum atomic E-state index is -0.0656. The van der Waals surface area contributed by atoms with Crippen LogP contribution in [0.15, 0.2) is 22.7 Å². The molecule has 0 bridgehead atoms. The highest BCUT2D eigenvalue weighted by molar-refractivity contribution is 9.10. The summed E-state index contributed by atoms with van der Waals surface area (Å²) in [5, 5.41) is 3.58. The van der Waals surface area contributed by atoms with Gasteiger partial charge in [-0.1, -0.05) is 55.1 Å². The van der Waals surface area contributed by atoms with Gasteiger partial charge in [-0.25, -0.2) is 4.39 Å². The number of rotatable bonds is 5. The van der Waals surface area contributed by atoms with Gasteiger partial charge >= 0.3 is 0 Å². The van der Waals surface area contributed by atoms with E-state index in [-0.39, 0.29) is 5.82 Å². The van der Waals surface area contributed by atoms with E-state index in [9.17, 15) is 4.39 Å². The molecule has 0 amide bonds. The summed E-state index contributed by atoms with van der Waals surface area (Å²) in [5.74, 6) is 1.22. The molecule has 1 N–H and O–H groups in total. The first-order valence-corrected chi connectivity index (χ1v) is 9.03. The number of halogens is 2. The molecular formula is C18H27BrFN. The Balaban J connectivity index is 2.05. The molecule has 21 heavy (non-hydrogen) atoms. The Bertz CT molecular complexity index is 447. The van der Waals surface area contributed by atoms with Gasteiger partial charge in [0, 0.05) is 10.5 Å². The number of benzene rings is 1. The van der Waals surface area contributed by atoms with Crippen LogP contribution < -0.4 is 5.32 Å². The summed E-state index contributed by atoms with van der Waals surface area (Å²) >= 11 is 3.34. The molecule has 1 aliphatic rings. The Morgan fingerprint density at radius 1 is 1.19 bits per heavy atom. The molecule has 0 saturated heterocycles. The first-order chi connectivity index (χ1) is 10.1. The third-order valence-corrected chi connectivity index (χ3v) is 5.10. The summed E-state index contributed by atoms with van der Waals surface area (Å²) in [4.78, 5) is 0. The zero-order valence-electron chi connectivity index (χ0n) is 13.2. The van der Waals surface area contributed by atoms with Gasteiger partial charge in [-0.05, 0) is 55.3 Å². The van der Waals surface area contributed by atoms with Crippen molar-refractivity contribution in [3.63, 3.8) is 0 Å². The lowest BCUT2D eigenvalue weighted by Gasteiger charge is -2.27. The van der Waals surface area contributed by atoms with E-state index in [0.717, 1.165) is 23.0 Å². The van der Waals surface area contributed by atoms with Gasteiger partial charge in [0.15, 0.2) is 0 Å².